The molecule has 1 aromatic carbocycles. The summed E-state index contributed by atoms with van der Waals surface area (Å²) in [6.45, 7) is 5.21. The van der Waals surface area contributed by atoms with Crippen LogP contribution in [-0.4, -0.2) is 34.9 Å². The quantitative estimate of drug-likeness (QED) is 0.536. The number of pyridine rings is 2. The van der Waals surface area contributed by atoms with Crippen molar-refractivity contribution in [1.82, 2.24) is 15.3 Å². The lowest BCUT2D eigenvalue weighted by molar-refractivity contribution is -0.138. The standard InChI is InChI=1S/C25H26F3N5O/c1-15(2)19-13-33(14-20(31-19)16-7-4-3-5-8-16)21-11-10-18(25(26,27)28)22(32-21)23(34)17-9-6-12-30-24(17)29/h3-12,15,19-20,31H,13-14H2,1-2H3,(H2,29,30)/t19-,20-/m1/s1. The molecule has 1 fully saturated rings. The van der Waals surface area contributed by atoms with Gasteiger partial charge >= 0.3 is 6.18 Å². The highest BCUT2D eigenvalue weighted by molar-refractivity contribution is 6.11. The van der Waals surface area contributed by atoms with E-state index in [-0.39, 0.29) is 29.4 Å². The average molecular weight is 470 g/mol. The number of carbonyl (C=O) groups excluding carboxylic acids is 1. The van der Waals surface area contributed by atoms with E-state index in [1.807, 2.05) is 35.2 Å². The summed E-state index contributed by atoms with van der Waals surface area (Å²) >= 11 is 0. The Morgan fingerprint density at radius 3 is 2.47 bits per heavy atom. The van der Waals surface area contributed by atoms with Gasteiger partial charge in [-0.2, -0.15) is 13.2 Å². The van der Waals surface area contributed by atoms with Gasteiger partial charge in [0.15, 0.2) is 0 Å². The van der Waals surface area contributed by atoms with E-state index >= 15 is 0 Å². The predicted molar refractivity (Wildman–Crippen MR) is 124 cm³/mol. The summed E-state index contributed by atoms with van der Waals surface area (Å²) in [5, 5.41) is 3.63. The summed E-state index contributed by atoms with van der Waals surface area (Å²) in [6.07, 6.45) is -3.37. The van der Waals surface area contributed by atoms with E-state index in [2.05, 4.69) is 29.1 Å². The lowest BCUT2D eigenvalue weighted by Gasteiger charge is -2.41. The third-order valence-electron chi connectivity index (χ3n) is 6.05. The summed E-state index contributed by atoms with van der Waals surface area (Å²) in [6, 6.07) is 15.0. The molecule has 178 valence electrons. The fraction of sp³-hybridized carbons (Fsp3) is 0.320. The number of halogens is 3. The van der Waals surface area contributed by atoms with Crippen LogP contribution in [-0.2, 0) is 6.18 Å². The van der Waals surface area contributed by atoms with Crippen LogP contribution in [0.15, 0.2) is 60.8 Å². The monoisotopic (exact) mass is 469 g/mol. The van der Waals surface area contributed by atoms with Crippen molar-refractivity contribution in [2.45, 2.75) is 32.1 Å². The molecule has 0 saturated carbocycles. The Bertz CT molecular complexity index is 1170. The van der Waals surface area contributed by atoms with Gasteiger partial charge in [0.05, 0.1) is 17.2 Å². The fourth-order valence-electron chi connectivity index (χ4n) is 4.14. The molecule has 4 rings (SSSR count). The maximum atomic E-state index is 13.8. The van der Waals surface area contributed by atoms with Crippen LogP contribution in [0, 0.1) is 5.92 Å². The minimum atomic E-state index is -4.75. The van der Waals surface area contributed by atoms with Gasteiger partial charge < -0.3 is 16.0 Å². The molecule has 2 aromatic heterocycles. The fourth-order valence-corrected chi connectivity index (χ4v) is 4.14. The number of piperazine rings is 1. The summed E-state index contributed by atoms with van der Waals surface area (Å²) < 4.78 is 41.4. The van der Waals surface area contributed by atoms with Crippen LogP contribution in [0.5, 0.6) is 0 Å². The highest BCUT2D eigenvalue weighted by Gasteiger charge is 2.38. The average Bonchev–Trinajstić information content (AvgIpc) is 2.83. The lowest BCUT2D eigenvalue weighted by atomic mass is 9.95. The molecular weight excluding hydrogens is 443 g/mol. The Morgan fingerprint density at radius 1 is 1.09 bits per heavy atom. The number of hydrogen-bond acceptors (Lipinski definition) is 6. The lowest BCUT2D eigenvalue weighted by Crippen LogP contribution is -2.54. The zero-order chi connectivity index (χ0) is 24.5. The maximum Gasteiger partial charge on any atom is 0.418 e. The Balaban J connectivity index is 1.75. The number of nitrogens with zero attached hydrogens (tertiary/aromatic N) is 3. The van der Waals surface area contributed by atoms with E-state index < -0.39 is 23.2 Å². The molecule has 6 nitrogen and oxygen atoms in total. The van der Waals surface area contributed by atoms with Crippen LogP contribution in [0.4, 0.5) is 24.8 Å². The molecule has 3 N–H and O–H groups in total. The number of nitrogens with two attached hydrogens (primary N) is 1. The molecule has 0 spiro atoms. The second-order valence-electron chi connectivity index (χ2n) is 8.71. The number of alkyl halides is 3. The second-order valence-corrected chi connectivity index (χ2v) is 8.71. The van der Waals surface area contributed by atoms with Crippen molar-refractivity contribution >= 4 is 17.4 Å². The number of nitrogens with one attached hydrogen (secondary N) is 1. The summed E-state index contributed by atoms with van der Waals surface area (Å²) in [5.41, 5.74) is 4.96. The SMILES string of the molecule is CC(C)[C@H]1CN(c2ccc(C(F)(F)F)c(C(=O)c3cccnc3N)n2)C[C@H](c2ccccc2)N1. The molecule has 1 aliphatic heterocycles. The predicted octanol–water partition coefficient (Wildman–Crippen LogP) is 4.48. The van der Waals surface area contributed by atoms with Gasteiger partial charge in [-0.3, -0.25) is 4.79 Å². The van der Waals surface area contributed by atoms with Crippen molar-refractivity contribution in [3.8, 4) is 0 Å². The van der Waals surface area contributed by atoms with E-state index in [9.17, 15) is 18.0 Å². The Kier molecular flexibility index (Phi) is 6.56. The second kappa shape index (κ2) is 9.42. The van der Waals surface area contributed by atoms with Gasteiger partial charge in [-0.1, -0.05) is 44.2 Å². The first-order valence-corrected chi connectivity index (χ1v) is 11.0. The number of rotatable bonds is 5. The summed E-state index contributed by atoms with van der Waals surface area (Å²) in [4.78, 5) is 23.1. The van der Waals surface area contributed by atoms with E-state index in [0.29, 0.717) is 18.9 Å². The molecule has 2 atom stereocenters. The molecule has 0 unspecified atom stereocenters. The highest BCUT2D eigenvalue weighted by atomic mass is 19.4. The molecule has 0 radical (unpaired) electrons. The number of carbonyl (C=O) groups is 1. The third kappa shape index (κ3) is 4.89. The normalized spacial score (nSPS) is 18.8. The summed E-state index contributed by atoms with van der Waals surface area (Å²) in [7, 11) is 0. The number of nitrogen functional groups attached to an aromatic ring is 1. The topological polar surface area (TPSA) is 84.1 Å². The number of ketones is 1. The molecule has 3 heterocycles. The minimum Gasteiger partial charge on any atom is -0.383 e. The first-order valence-electron chi connectivity index (χ1n) is 11.0. The van der Waals surface area contributed by atoms with Crippen LogP contribution in [0.2, 0.25) is 0 Å². The van der Waals surface area contributed by atoms with Crippen molar-refractivity contribution in [3.63, 3.8) is 0 Å². The Morgan fingerprint density at radius 2 is 1.82 bits per heavy atom. The number of hydrogen-bond donors (Lipinski definition) is 2. The maximum absolute atomic E-state index is 13.8. The van der Waals surface area contributed by atoms with Gasteiger partial charge in [-0.25, -0.2) is 9.97 Å². The van der Waals surface area contributed by atoms with E-state index in [4.69, 9.17) is 5.73 Å². The first-order chi connectivity index (χ1) is 16.1. The molecule has 0 bridgehead atoms. The third-order valence-corrected chi connectivity index (χ3v) is 6.05. The van der Waals surface area contributed by atoms with E-state index in [1.165, 1.54) is 24.4 Å². The number of anilines is 2. The van der Waals surface area contributed by atoms with Gasteiger partial charge in [0, 0.05) is 25.3 Å². The van der Waals surface area contributed by atoms with Crippen molar-refractivity contribution in [2.24, 2.45) is 5.92 Å². The zero-order valence-electron chi connectivity index (χ0n) is 18.9. The number of aromatic nitrogens is 2. The molecule has 1 saturated heterocycles. The van der Waals surface area contributed by atoms with Gasteiger partial charge in [0.1, 0.15) is 17.3 Å². The van der Waals surface area contributed by atoms with E-state index in [1.54, 1.807) is 0 Å². The number of benzene rings is 1. The van der Waals surface area contributed by atoms with Crippen molar-refractivity contribution in [3.05, 3.63) is 83.2 Å². The van der Waals surface area contributed by atoms with Crippen LogP contribution in [0.25, 0.3) is 0 Å². The van der Waals surface area contributed by atoms with E-state index in [0.717, 1.165) is 11.6 Å². The smallest absolute Gasteiger partial charge is 0.383 e. The van der Waals surface area contributed by atoms with Crippen molar-refractivity contribution in [1.29, 1.82) is 0 Å². The van der Waals surface area contributed by atoms with Crippen LogP contribution in [0.1, 0.15) is 47.1 Å². The largest absolute Gasteiger partial charge is 0.418 e. The first kappa shape index (κ1) is 23.7. The molecule has 1 aliphatic rings. The van der Waals surface area contributed by atoms with Gasteiger partial charge in [-0.15, -0.1) is 0 Å². The Hall–Kier alpha value is -3.46. The van der Waals surface area contributed by atoms with Crippen LogP contribution >= 0.6 is 0 Å². The minimum absolute atomic E-state index is 0.0421. The Labute approximate surface area is 196 Å². The van der Waals surface area contributed by atoms with Crippen LogP contribution < -0.4 is 16.0 Å². The van der Waals surface area contributed by atoms with Gasteiger partial charge in [0.25, 0.3) is 0 Å². The molecule has 0 aliphatic carbocycles. The van der Waals surface area contributed by atoms with Crippen LogP contribution in [0.3, 0.4) is 0 Å². The molecule has 34 heavy (non-hydrogen) atoms. The van der Waals surface area contributed by atoms with Crippen molar-refractivity contribution in [2.75, 3.05) is 23.7 Å². The van der Waals surface area contributed by atoms with Crippen molar-refractivity contribution < 1.29 is 18.0 Å². The highest BCUT2D eigenvalue weighted by Crippen LogP contribution is 2.35. The molecule has 9 heteroatoms. The molecule has 0 amide bonds. The molecule has 3 aromatic rings. The van der Waals surface area contributed by atoms with Gasteiger partial charge in [0.2, 0.25) is 5.78 Å². The summed E-state index contributed by atoms with van der Waals surface area (Å²) in [5.74, 6) is -0.458. The zero-order valence-corrected chi connectivity index (χ0v) is 18.9. The molecular formula is C25H26F3N5O. The van der Waals surface area contributed by atoms with Gasteiger partial charge in [-0.05, 0) is 35.7 Å².